The second-order valence-corrected chi connectivity index (χ2v) is 5.93. The molecule has 2 N–H and O–H groups in total. The summed E-state index contributed by atoms with van der Waals surface area (Å²) in [6.45, 7) is 2.44. The van der Waals surface area contributed by atoms with E-state index in [1.807, 2.05) is 6.92 Å². The lowest BCUT2D eigenvalue weighted by Gasteiger charge is -2.16. The smallest absolute Gasteiger partial charge is 0.257 e. The first-order valence-electron chi connectivity index (χ1n) is 7.90. The van der Waals surface area contributed by atoms with Crippen LogP contribution >= 0.6 is 0 Å². The largest absolute Gasteiger partial charge is 0.491 e. The van der Waals surface area contributed by atoms with E-state index in [-0.39, 0.29) is 24.4 Å². The SMILES string of the molecule is C[C@@H]1COc2ccc(F)cc2CNc2ccn3ncc(c3n2)C(=O)N1. The first kappa shape index (κ1) is 15.4. The Hall–Kier alpha value is -3.16. The minimum atomic E-state index is -0.337. The van der Waals surface area contributed by atoms with Crippen LogP contribution in [-0.2, 0) is 6.54 Å². The normalized spacial score (nSPS) is 17.5. The molecular weight excluding hydrogens is 325 g/mol. The van der Waals surface area contributed by atoms with Gasteiger partial charge in [-0.15, -0.1) is 0 Å². The maximum Gasteiger partial charge on any atom is 0.257 e. The van der Waals surface area contributed by atoms with E-state index in [1.54, 1.807) is 18.3 Å². The molecule has 3 aromatic rings. The summed E-state index contributed by atoms with van der Waals surface area (Å²) in [6.07, 6.45) is 3.20. The van der Waals surface area contributed by atoms with Crippen molar-refractivity contribution in [2.24, 2.45) is 0 Å². The number of hydrogen-bond acceptors (Lipinski definition) is 5. The van der Waals surface area contributed by atoms with Crippen molar-refractivity contribution in [1.29, 1.82) is 0 Å². The van der Waals surface area contributed by atoms with E-state index in [1.165, 1.54) is 22.8 Å². The second kappa shape index (κ2) is 6.04. The summed E-state index contributed by atoms with van der Waals surface area (Å²) in [5, 5.41) is 10.1. The number of halogens is 1. The van der Waals surface area contributed by atoms with Gasteiger partial charge in [0.1, 0.15) is 29.6 Å². The quantitative estimate of drug-likeness (QED) is 0.654. The van der Waals surface area contributed by atoms with Gasteiger partial charge in [0.2, 0.25) is 0 Å². The first-order valence-corrected chi connectivity index (χ1v) is 7.90. The third-order valence-electron chi connectivity index (χ3n) is 3.96. The van der Waals surface area contributed by atoms with Gasteiger partial charge >= 0.3 is 0 Å². The Kier molecular flexibility index (Phi) is 3.72. The first-order chi connectivity index (χ1) is 12.1. The lowest BCUT2D eigenvalue weighted by atomic mass is 10.2. The van der Waals surface area contributed by atoms with Crippen molar-refractivity contribution < 1.29 is 13.9 Å². The molecule has 1 aromatic carbocycles. The minimum absolute atomic E-state index is 0.239. The van der Waals surface area contributed by atoms with E-state index >= 15 is 0 Å². The topological polar surface area (TPSA) is 80.6 Å². The fourth-order valence-corrected chi connectivity index (χ4v) is 2.70. The maximum absolute atomic E-state index is 13.6. The second-order valence-electron chi connectivity index (χ2n) is 5.93. The van der Waals surface area contributed by atoms with Crippen LogP contribution in [0.15, 0.2) is 36.7 Å². The standard InChI is InChI=1S/C17H16FN5O2/c1-10-9-25-14-3-2-12(18)6-11(14)7-19-15-4-5-23-16(22-15)13(8-20-23)17(24)21-10/h2-6,8,10H,7,9H2,1H3,(H,19,22)(H,21,24)/t10-/m1/s1. The number of nitrogens with one attached hydrogen (secondary N) is 2. The molecule has 2 aromatic heterocycles. The van der Waals surface area contributed by atoms with Crippen LogP contribution in [0.25, 0.3) is 5.65 Å². The summed E-state index contributed by atoms with van der Waals surface area (Å²) in [7, 11) is 0. The van der Waals surface area contributed by atoms with Gasteiger partial charge in [0.15, 0.2) is 5.65 Å². The Morgan fingerprint density at radius 3 is 3.12 bits per heavy atom. The average molecular weight is 341 g/mol. The van der Waals surface area contributed by atoms with E-state index in [2.05, 4.69) is 20.7 Å². The fraction of sp³-hybridized carbons (Fsp3) is 0.235. The predicted molar refractivity (Wildman–Crippen MR) is 89.1 cm³/mol. The molecule has 128 valence electrons. The molecule has 0 radical (unpaired) electrons. The van der Waals surface area contributed by atoms with Crippen LogP contribution in [0.3, 0.4) is 0 Å². The van der Waals surface area contributed by atoms with Gasteiger partial charge in [-0.05, 0) is 31.2 Å². The molecule has 25 heavy (non-hydrogen) atoms. The van der Waals surface area contributed by atoms with Gasteiger partial charge in [-0.25, -0.2) is 13.9 Å². The fourth-order valence-electron chi connectivity index (χ4n) is 2.70. The van der Waals surface area contributed by atoms with Gasteiger partial charge in [0.25, 0.3) is 5.91 Å². The summed E-state index contributed by atoms with van der Waals surface area (Å²) < 4.78 is 20.9. The van der Waals surface area contributed by atoms with Gasteiger partial charge in [0, 0.05) is 18.3 Å². The molecule has 0 spiro atoms. The highest BCUT2D eigenvalue weighted by Crippen LogP contribution is 2.22. The van der Waals surface area contributed by atoms with E-state index in [4.69, 9.17) is 4.74 Å². The van der Waals surface area contributed by atoms with Crippen molar-refractivity contribution in [2.45, 2.75) is 19.5 Å². The number of aromatic nitrogens is 3. The van der Waals surface area contributed by atoms with Crippen molar-refractivity contribution in [3.05, 3.63) is 53.6 Å². The highest BCUT2D eigenvalue weighted by molar-refractivity contribution is 5.99. The van der Waals surface area contributed by atoms with Gasteiger partial charge in [0.05, 0.1) is 12.2 Å². The summed E-state index contributed by atoms with van der Waals surface area (Å²) in [5.41, 5.74) is 1.51. The van der Waals surface area contributed by atoms with Gasteiger partial charge in [-0.2, -0.15) is 5.10 Å². The highest BCUT2D eigenvalue weighted by Gasteiger charge is 2.18. The Morgan fingerprint density at radius 2 is 2.24 bits per heavy atom. The van der Waals surface area contributed by atoms with Crippen LogP contribution in [-0.4, -0.2) is 33.2 Å². The number of amides is 1. The number of carbonyl (C=O) groups excluding carboxylic acids is 1. The third-order valence-corrected chi connectivity index (χ3v) is 3.96. The van der Waals surface area contributed by atoms with E-state index in [0.29, 0.717) is 34.9 Å². The van der Waals surface area contributed by atoms with Crippen molar-refractivity contribution in [3.63, 3.8) is 0 Å². The van der Waals surface area contributed by atoms with E-state index < -0.39 is 0 Å². The average Bonchev–Trinajstić information content (AvgIpc) is 3.01. The summed E-state index contributed by atoms with van der Waals surface area (Å²) in [6, 6.07) is 5.86. The van der Waals surface area contributed by atoms with E-state index in [9.17, 15) is 9.18 Å². The van der Waals surface area contributed by atoms with Gasteiger partial charge in [-0.1, -0.05) is 0 Å². The Morgan fingerprint density at radius 1 is 1.36 bits per heavy atom. The Labute approximate surface area is 142 Å². The van der Waals surface area contributed by atoms with Crippen molar-refractivity contribution in [1.82, 2.24) is 19.9 Å². The lowest BCUT2D eigenvalue weighted by molar-refractivity contribution is 0.0928. The summed E-state index contributed by atoms with van der Waals surface area (Å²) in [5.74, 6) is 0.522. The molecule has 0 fully saturated rings. The summed E-state index contributed by atoms with van der Waals surface area (Å²) in [4.78, 5) is 16.9. The van der Waals surface area contributed by atoms with E-state index in [0.717, 1.165) is 0 Å². The number of rotatable bonds is 0. The number of ether oxygens (including phenoxy) is 1. The molecule has 0 aliphatic carbocycles. The molecule has 1 aliphatic rings. The van der Waals surface area contributed by atoms with Crippen molar-refractivity contribution >= 4 is 17.4 Å². The zero-order chi connectivity index (χ0) is 17.4. The summed E-state index contributed by atoms with van der Waals surface area (Å²) >= 11 is 0. The Bertz CT molecular complexity index is 955. The lowest BCUT2D eigenvalue weighted by Crippen LogP contribution is -2.36. The predicted octanol–water partition coefficient (Wildman–Crippen LogP) is 1.99. The molecule has 1 aliphatic heterocycles. The molecule has 0 saturated carbocycles. The monoisotopic (exact) mass is 341 g/mol. The van der Waals surface area contributed by atoms with Gasteiger partial charge < -0.3 is 15.4 Å². The molecule has 0 saturated heterocycles. The van der Waals surface area contributed by atoms with Crippen LogP contribution in [0.2, 0.25) is 0 Å². The molecule has 3 heterocycles. The highest BCUT2D eigenvalue weighted by atomic mass is 19.1. The number of fused-ring (bicyclic) bond motifs is 2. The van der Waals surface area contributed by atoms with Crippen LogP contribution in [0, 0.1) is 5.82 Å². The molecular formula is C17H16FN5O2. The number of benzene rings is 1. The van der Waals surface area contributed by atoms with Crippen LogP contribution in [0.1, 0.15) is 22.8 Å². The molecule has 1 atom stereocenters. The van der Waals surface area contributed by atoms with Crippen LogP contribution in [0.4, 0.5) is 10.2 Å². The Balaban J connectivity index is 1.77. The van der Waals surface area contributed by atoms with Crippen molar-refractivity contribution in [2.75, 3.05) is 11.9 Å². The number of carbonyl (C=O) groups is 1. The number of anilines is 1. The molecule has 0 unspecified atom stereocenters. The zero-order valence-corrected chi connectivity index (χ0v) is 13.5. The van der Waals surface area contributed by atoms with Crippen LogP contribution in [0.5, 0.6) is 5.75 Å². The number of hydrogen-bond donors (Lipinski definition) is 2. The molecule has 2 bridgehead atoms. The maximum atomic E-state index is 13.6. The number of nitrogens with zero attached hydrogens (tertiary/aromatic N) is 3. The molecule has 1 amide bonds. The third kappa shape index (κ3) is 2.98. The molecule has 7 nitrogen and oxygen atoms in total. The molecule has 4 rings (SSSR count). The zero-order valence-electron chi connectivity index (χ0n) is 13.5. The minimum Gasteiger partial charge on any atom is -0.491 e. The van der Waals surface area contributed by atoms with Crippen LogP contribution < -0.4 is 15.4 Å². The van der Waals surface area contributed by atoms with Crippen molar-refractivity contribution in [3.8, 4) is 5.75 Å². The van der Waals surface area contributed by atoms with Gasteiger partial charge in [-0.3, -0.25) is 4.79 Å². The molecule has 8 heteroatoms.